The Hall–Kier alpha value is -3.17. The van der Waals surface area contributed by atoms with Gasteiger partial charge >= 0.3 is 0 Å². The fraction of sp³-hybridized carbons (Fsp3) is 0.382. The van der Waals surface area contributed by atoms with Gasteiger partial charge in [0.05, 0.1) is 11.5 Å². The Morgan fingerprint density at radius 2 is 1.58 bits per heavy atom. The summed E-state index contributed by atoms with van der Waals surface area (Å²) in [5.41, 5.74) is 6.69. The number of benzene rings is 3. The smallest absolute Gasteiger partial charge is 0.264 e. The highest BCUT2D eigenvalue weighted by atomic mass is 35.5. The zero-order valence-electron chi connectivity index (χ0n) is 25.1. The highest BCUT2D eigenvalue weighted by Gasteiger charge is 2.29. The third-order valence-electron chi connectivity index (χ3n) is 8.43. The quantitative estimate of drug-likeness (QED) is 0.298. The second-order valence-corrected chi connectivity index (χ2v) is 14.4. The Morgan fingerprint density at radius 3 is 2.21 bits per heavy atom. The number of anilines is 1. The van der Waals surface area contributed by atoms with Gasteiger partial charge in [0.1, 0.15) is 0 Å². The number of nitrogens with zero attached hydrogens (tertiary/aromatic N) is 2. The number of sulfonamides is 1. The van der Waals surface area contributed by atoms with Gasteiger partial charge < -0.3 is 9.64 Å². The number of methoxy groups -OCH3 is 1. The van der Waals surface area contributed by atoms with Gasteiger partial charge in [-0.25, -0.2) is 13.1 Å². The van der Waals surface area contributed by atoms with E-state index in [1.807, 2.05) is 24.3 Å². The fourth-order valence-corrected chi connectivity index (χ4v) is 6.99. The minimum absolute atomic E-state index is 0.0566. The van der Waals surface area contributed by atoms with Gasteiger partial charge in [-0.2, -0.15) is 0 Å². The second kappa shape index (κ2) is 13.2. The van der Waals surface area contributed by atoms with E-state index in [-0.39, 0.29) is 15.9 Å². The average molecular weight is 622 g/mol. The molecule has 43 heavy (non-hydrogen) atoms. The molecule has 1 heterocycles. The zero-order chi connectivity index (χ0) is 30.6. The van der Waals surface area contributed by atoms with Crippen LogP contribution >= 0.6 is 11.6 Å². The van der Waals surface area contributed by atoms with Crippen molar-refractivity contribution in [2.75, 3.05) is 44.7 Å². The van der Waals surface area contributed by atoms with E-state index in [1.165, 1.54) is 23.1 Å². The van der Waals surface area contributed by atoms with Crippen molar-refractivity contribution >= 4 is 38.8 Å². The van der Waals surface area contributed by atoms with E-state index in [2.05, 4.69) is 40.5 Å². The van der Waals surface area contributed by atoms with E-state index >= 15 is 0 Å². The van der Waals surface area contributed by atoms with Crippen molar-refractivity contribution in [2.45, 2.75) is 44.6 Å². The lowest BCUT2D eigenvalue weighted by atomic mass is 9.72. The number of rotatable bonds is 9. The molecule has 2 aliphatic rings. The van der Waals surface area contributed by atoms with Gasteiger partial charge in [-0.3, -0.25) is 9.69 Å². The molecule has 1 N–H and O–H groups in total. The number of piperazine rings is 1. The maximum absolute atomic E-state index is 12.9. The summed E-state index contributed by atoms with van der Waals surface area (Å²) in [5.74, 6) is -0.667. The van der Waals surface area contributed by atoms with E-state index in [0.717, 1.165) is 61.8 Å². The monoisotopic (exact) mass is 621 g/mol. The SMILES string of the molecule is COCc1ccc(C(=O)NS(=O)(=O)c2ccc(N3CCN(CC4=C(c5ccc(Cl)cc5)CC(C)(C)CC4)CC3)cc2)cc1. The Balaban J connectivity index is 1.19. The number of nitrogens with one attached hydrogen (secondary N) is 1. The summed E-state index contributed by atoms with van der Waals surface area (Å²) in [6, 6.07) is 21.7. The van der Waals surface area contributed by atoms with Crippen molar-refractivity contribution in [3.63, 3.8) is 0 Å². The predicted molar refractivity (Wildman–Crippen MR) is 173 cm³/mol. The third kappa shape index (κ3) is 7.87. The van der Waals surface area contributed by atoms with E-state index < -0.39 is 15.9 Å². The number of allylic oxidation sites excluding steroid dienone is 1. The van der Waals surface area contributed by atoms with Crippen LogP contribution in [0.4, 0.5) is 5.69 Å². The number of hydrogen-bond acceptors (Lipinski definition) is 6. The molecule has 5 rings (SSSR count). The molecule has 0 radical (unpaired) electrons. The molecule has 228 valence electrons. The lowest BCUT2D eigenvalue weighted by Gasteiger charge is -2.39. The lowest BCUT2D eigenvalue weighted by Crippen LogP contribution is -2.47. The van der Waals surface area contributed by atoms with Crippen molar-refractivity contribution in [1.82, 2.24) is 9.62 Å². The maximum atomic E-state index is 12.9. The van der Waals surface area contributed by atoms with Crippen LogP contribution in [0.3, 0.4) is 0 Å². The summed E-state index contributed by atoms with van der Waals surface area (Å²) >= 11 is 6.17. The van der Waals surface area contributed by atoms with Crippen LogP contribution < -0.4 is 9.62 Å². The summed E-state index contributed by atoms with van der Waals surface area (Å²) in [4.78, 5) is 17.5. The summed E-state index contributed by atoms with van der Waals surface area (Å²) < 4.78 is 33.1. The van der Waals surface area contributed by atoms with Crippen LogP contribution in [0.25, 0.3) is 5.57 Å². The molecule has 1 aliphatic carbocycles. The second-order valence-electron chi connectivity index (χ2n) is 12.3. The molecular weight excluding hydrogens is 582 g/mol. The molecule has 7 nitrogen and oxygen atoms in total. The van der Waals surface area contributed by atoms with Crippen LogP contribution in [0.2, 0.25) is 5.02 Å². The highest BCUT2D eigenvalue weighted by Crippen LogP contribution is 2.43. The first-order valence-electron chi connectivity index (χ1n) is 14.7. The van der Waals surface area contributed by atoms with E-state index in [9.17, 15) is 13.2 Å². The van der Waals surface area contributed by atoms with Crippen LogP contribution in [0, 0.1) is 5.41 Å². The fourth-order valence-electron chi connectivity index (χ4n) is 5.89. The molecule has 0 saturated carbocycles. The van der Waals surface area contributed by atoms with Crippen LogP contribution in [0.1, 0.15) is 54.6 Å². The molecule has 1 aliphatic heterocycles. The van der Waals surface area contributed by atoms with Crippen LogP contribution in [-0.4, -0.2) is 59.1 Å². The molecule has 0 aromatic heterocycles. The summed E-state index contributed by atoms with van der Waals surface area (Å²) in [7, 11) is -2.41. The molecule has 0 unspecified atom stereocenters. The van der Waals surface area contributed by atoms with Crippen molar-refractivity contribution in [3.8, 4) is 0 Å². The zero-order valence-corrected chi connectivity index (χ0v) is 26.7. The molecule has 0 spiro atoms. The van der Waals surface area contributed by atoms with Crippen LogP contribution in [0.5, 0.6) is 0 Å². The first-order chi connectivity index (χ1) is 20.5. The largest absolute Gasteiger partial charge is 0.380 e. The highest BCUT2D eigenvalue weighted by molar-refractivity contribution is 7.90. The number of amides is 1. The Morgan fingerprint density at radius 1 is 0.930 bits per heavy atom. The topological polar surface area (TPSA) is 78.9 Å². The van der Waals surface area contributed by atoms with Crippen molar-refractivity contribution in [2.24, 2.45) is 5.41 Å². The van der Waals surface area contributed by atoms with E-state index in [0.29, 0.717) is 6.61 Å². The molecular formula is C34H40ClN3O4S. The van der Waals surface area contributed by atoms with Gasteiger partial charge in [0.2, 0.25) is 0 Å². The number of carbonyl (C=O) groups excluding carboxylic acids is 1. The summed E-state index contributed by atoms with van der Waals surface area (Å²) in [6.07, 6.45) is 3.37. The van der Waals surface area contributed by atoms with Crippen molar-refractivity contribution < 1.29 is 17.9 Å². The minimum Gasteiger partial charge on any atom is -0.380 e. The Labute approximate surface area is 260 Å². The van der Waals surface area contributed by atoms with E-state index in [4.69, 9.17) is 16.3 Å². The van der Waals surface area contributed by atoms with Gasteiger partial charge in [-0.1, -0.05) is 55.3 Å². The Kier molecular flexibility index (Phi) is 9.61. The molecule has 1 saturated heterocycles. The van der Waals surface area contributed by atoms with Gasteiger partial charge in [0.15, 0.2) is 0 Å². The summed E-state index contributed by atoms with van der Waals surface area (Å²) in [5, 5.41) is 0.761. The van der Waals surface area contributed by atoms with E-state index in [1.54, 1.807) is 43.5 Å². The molecule has 0 atom stereocenters. The number of ether oxygens (including phenoxy) is 1. The minimum atomic E-state index is -4.00. The first kappa shape index (κ1) is 31.3. The van der Waals surface area contributed by atoms with Gasteiger partial charge in [-0.15, -0.1) is 0 Å². The van der Waals surface area contributed by atoms with Crippen LogP contribution in [0.15, 0.2) is 83.3 Å². The van der Waals surface area contributed by atoms with Crippen LogP contribution in [-0.2, 0) is 21.4 Å². The van der Waals surface area contributed by atoms with Crippen molar-refractivity contribution in [1.29, 1.82) is 0 Å². The molecule has 3 aromatic carbocycles. The predicted octanol–water partition coefficient (Wildman–Crippen LogP) is 6.39. The molecule has 1 fully saturated rings. The van der Waals surface area contributed by atoms with Gasteiger partial charge in [0, 0.05) is 56.1 Å². The molecule has 3 aromatic rings. The third-order valence-corrected chi connectivity index (χ3v) is 10.0. The summed E-state index contributed by atoms with van der Waals surface area (Å²) in [6.45, 7) is 9.67. The maximum Gasteiger partial charge on any atom is 0.264 e. The first-order valence-corrected chi connectivity index (χ1v) is 16.6. The number of carbonyl (C=O) groups is 1. The lowest BCUT2D eigenvalue weighted by molar-refractivity contribution is 0.0981. The average Bonchev–Trinajstić information content (AvgIpc) is 2.99. The normalized spacial score (nSPS) is 17.6. The van der Waals surface area contributed by atoms with Crippen molar-refractivity contribution in [3.05, 3.63) is 100 Å². The molecule has 1 amide bonds. The number of halogens is 1. The Bertz CT molecular complexity index is 1560. The molecule has 9 heteroatoms. The van der Waals surface area contributed by atoms with Gasteiger partial charge in [-0.05, 0) is 89.9 Å². The van der Waals surface area contributed by atoms with Gasteiger partial charge in [0.25, 0.3) is 15.9 Å². The molecule has 0 bridgehead atoms. The number of hydrogen-bond donors (Lipinski definition) is 1. The standard InChI is InChI=1S/C34H40ClN3O4S/c1-34(2)17-16-28(32(22-34)26-8-10-29(35)11-9-26)23-37-18-20-38(21-19-37)30-12-14-31(15-13-30)43(40,41)36-33(39)27-6-4-25(5-7-27)24-42-3/h4-15H,16-24H2,1-3H3,(H,36,39).